The second-order valence-electron chi connectivity index (χ2n) is 3.38. The Labute approximate surface area is 80.4 Å². The smallest absolute Gasteiger partial charge is 0.214 e. The lowest BCUT2D eigenvalue weighted by Gasteiger charge is -1.93. The normalized spacial score (nSPS) is 11.5. The van der Waals surface area contributed by atoms with E-state index in [9.17, 15) is 0 Å². The summed E-state index contributed by atoms with van der Waals surface area (Å²) in [7, 11) is 0. The molecule has 0 atom stereocenters. The van der Waals surface area contributed by atoms with Gasteiger partial charge in [-0.15, -0.1) is 0 Å². The Morgan fingerprint density at radius 2 is 2.14 bits per heavy atom. The van der Waals surface area contributed by atoms with Crippen LogP contribution >= 0.6 is 0 Å². The van der Waals surface area contributed by atoms with Gasteiger partial charge >= 0.3 is 0 Å². The van der Waals surface area contributed by atoms with Crippen LogP contribution in [0.15, 0.2) is 24.3 Å². The van der Waals surface area contributed by atoms with Gasteiger partial charge in [-0.25, -0.2) is 0 Å². The molecule has 0 aliphatic heterocycles. The number of imidazole rings is 2. The molecule has 2 heterocycles. The van der Waals surface area contributed by atoms with Crippen molar-refractivity contribution >= 4 is 22.6 Å². The number of para-hydroxylation sites is 2. The van der Waals surface area contributed by atoms with Gasteiger partial charge in [0.2, 0.25) is 5.78 Å². The number of aromatic amines is 1. The van der Waals surface area contributed by atoms with Crippen molar-refractivity contribution in [1.29, 1.82) is 0 Å². The van der Waals surface area contributed by atoms with Gasteiger partial charge in [0, 0.05) is 0 Å². The van der Waals surface area contributed by atoms with Crippen molar-refractivity contribution < 1.29 is 0 Å². The molecule has 0 amide bonds. The third-order valence-electron chi connectivity index (χ3n) is 2.54. The van der Waals surface area contributed by atoms with Crippen LogP contribution in [0.1, 0.15) is 5.69 Å². The highest BCUT2D eigenvalue weighted by molar-refractivity contribution is 5.80. The number of hydrogen-bond donors (Lipinski definition) is 2. The zero-order valence-corrected chi connectivity index (χ0v) is 7.78. The van der Waals surface area contributed by atoms with Gasteiger partial charge in [0.1, 0.15) is 5.82 Å². The molecule has 3 rings (SSSR count). The lowest BCUT2D eigenvalue weighted by atomic mass is 10.3. The number of anilines is 1. The number of nitrogen functional groups attached to an aromatic ring is 1. The summed E-state index contributed by atoms with van der Waals surface area (Å²) in [5.74, 6) is 1.39. The number of nitrogens with two attached hydrogens (primary N) is 1. The Bertz CT molecular complexity index is 617. The summed E-state index contributed by atoms with van der Waals surface area (Å²) in [5.41, 5.74) is 8.92. The van der Waals surface area contributed by atoms with Gasteiger partial charge in [0.15, 0.2) is 0 Å². The monoisotopic (exact) mass is 186 g/mol. The van der Waals surface area contributed by atoms with Crippen molar-refractivity contribution in [3.8, 4) is 0 Å². The first-order chi connectivity index (χ1) is 6.77. The molecule has 4 nitrogen and oxygen atoms in total. The fourth-order valence-electron chi connectivity index (χ4n) is 1.79. The minimum Gasteiger partial charge on any atom is -0.382 e. The summed E-state index contributed by atoms with van der Waals surface area (Å²) < 4.78 is 2.03. The summed E-state index contributed by atoms with van der Waals surface area (Å²) >= 11 is 0. The molecule has 0 unspecified atom stereocenters. The number of nitrogens with zero attached hydrogens (tertiary/aromatic N) is 2. The molecule has 3 aromatic rings. The van der Waals surface area contributed by atoms with E-state index in [1.165, 1.54) is 0 Å². The minimum atomic E-state index is 0.585. The average Bonchev–Trinajstić information content (AvgIpc) is 2.65. The van der Waals surface area contributed by atoms with Crippen molar-refractivity contribution in [2.24, 2.45) is 0 Å². The number of aryl methyl sites for hydroxylation is 1. The van der Waals surface area contributed by atoms with Gasteiger partial charge < -0.3 is 10.7 Å². The molecule has 0 fully saturated rings. The maximum Gasteiger partial charge on any atom is 0.214 e. The number of aromatic nitrogens is 3. The van der Waals surface area contributed by atoms with E-state index in [2.05, 4.69) is 9.97 Å². The Kier molecular flexibility index (Phi) is 1.21. The van der Waals surface area contributed by atoms with Crippen LogP contribution in [0.5, 0.6) is 0 Å². The quantitative estimate of drug-likeness (QED) is 0.561. The predicted molar refractivity (Wildman–Crippen MR) is 56.2 cm³/mol. The van der Waals surface area contributed by atoms with Gasteiger partial charge in [0.05, 0.1) is 16.7 Å². The fraction of sp³-hybridized carbons (Fsp3) is 0.100. The Morgan fingerprint density at radius 3 is 3.00 bits per heavy atom. The standard InChI is InChI=1S/C10H10N4/c1-6-9(11)13-10-12-7-4-2-3-5-8(7)14(6)10/h2-5H,11H2,1H3,(H,12,13). The van der Waals surface area contributed by atoms with Crippen LogP contribution in [-0.2, 0) is 0 Å². The SMILES string of the molecule is Cc1c(N)nc2[nH]c3ccccc3n12. The lowest BCUT2D eigenvalue weighted by Crippen LogP contribution is -1.89. The Hall–Kier alpha value is -1.97. The van der Waals surface area contributed by atoms with E-state index in [0.29, 0.717) is 5.82 Å². The van der Waals surface area contributed by atoms with Crippen LogP contribution in [0.4, 0.5) is 5.82 Å². The summed E-state index contributed by atoms with van der Waals surface area (Å²) in [6.45, 7) is 1.97. The first-order valence-corrected chi connectivity index (χ1v) is 4.48. The zero-order chi connectivity index (χ0) is 9.71. The number of nitrogens with one attached hydrogen (secondary N) is 1. The molecule has 70 valence electrons. The van der Waals surface area contributed by atoms with Crippen LogP contribution in [0.25, 0.3) is 16.8 Å². The summed E-state index contributed by atoms with van der Waals surface area (Å²) in [5, 5.41) is 0. The largest absolute Gasteiger partial charge is 0.382 e. The second kappa shape index (κ2) is 2.29. The Morgan fingerprint density at radius 1 is 1.36 bits per heavy atom. The zero-order valence-electron chi connectivity index (χ0n) is 7.78. The molecule has 0 spiro atoms. The summed E-state index contributed by atoms with van der Waals surface area (Å²) in [6.07, 6.45) is 0. The van der Waals surface area contributed by atoms with Crippen molar-refractivity contribution in [3.63, 3.8) is 0 Å². The Balaban J connectivity index is 2.62. The maximum absolute atomic E-state index is 5.74. The van der Waals surface area contributed by atoms with Gasteiger partial charge in [-0.05, 0) is 19.1 Å². The molecule has 0 radical (unpaired) electrons. The van der Waals surface area contributed by atoms with E-state index < -0.39 is 0 Å². The van der Waals surface area contributed by atoms with E-state index >= 15 is 0 Å². The van der Waals surface area contributed by atoms with Crippen LogP contribution in [-0.4, -0.2) is 14.4 Å². The highest BCUT2D eigenvalue weighted by Gasteiger charge is 2.09. The van der Waals surface area contributed by atoms with Crippen molar-refractivity contribution in [1.82, 2.24) is 14.4 Å². The third kappa shape index (κ3) is 0.750. The highest BCUT2D eigenvalue weighted by atomic mass is 15.2. The molecule has 0 aliphatic carbocycles. The second-order valence-corrected chi connectivity index (χ2v) is 3.38. The molecule has 0 saturated carbocycles. The van der Waals surface area contributed by atoms with Crippen LogP contribution < -0.4 is 5.73 Å². The predicted octanol–water partition coefficient (Wildman–Crippen LogP) is 1.71. The first kappa shape index (κ1) is 7.44. The van der Waals surface area contributed by atoms with Crippen molar-refractivity contribution in [2.45, 2.75) is 6.92 Å². The summed E-state index contributed by atoms with van der Waals surface area (Å²) in [4.78, 5) is 7.45. The summed E-state index contributed by atoms with van der Waals surface area (Å²) in [6, 6.07) is 8.08. The molecule has 0 aliphatic rings. The third-order valence-corrected chi connectivity index (χ3v) is 2.54. The van der Waals surface area contributed by atoms with Crippen molar-refractivity contribution in [2.75, 3.05) is 5.73 Å². The molecule has 0 bridgehead atoms. The fourth-order valence-corrected chi connectivity index (χ4v) is 1.79. The maximum atomic E-state index is 5.74. The van der Waals surface area contributed by atoms with E-state index in [-0.39, 0.29) is 0 Å². The van der Waals surface area contributed by atoms with Gasteiger partial charge in [0.25, 0.3) is 0 Å². The van der Waals surface area contributed by atoms with Crippen molar-refractivity contribution in [3.05, 3.63) is 30.0 Å². The van der Waals surface area contributed by atoms with Crippen LogP contribution in [0.2, 0.25) is 0 Å². The molecule has 2 aromatic heterocycles. The van der Waals surface area contributed by atoms with Crippen LogP contribution in [0, 0.1) is 6.92 Å². The highest BCUT2D eigenvalue weighted by Crippen LogP contribution is 2.20. The number of fused-ring (bicyclic) bond motifs is 3. The van der Waals surface area contributed by atoms with Gasteiger partial charge in [-0.1, -0.05) is 12.1 Å². The topological polar surface area (TPSA) is 59.1 Å². The lowest BCUT2D eigenvalue weighted by molar-refractivity contribution is 1.17. The average molecular weight is 186 g/mol. The number of rotatable bonds is 0. The van der Waals surface area contributed by atoms with E-state index in [1.807, 2.05) is 35.6 Å². The minimum absolute atomic E-state index is 0.585. The molecule has 4 heteroatoms. The van der Waals surface area contributed by atoms with E-state index in [4.69, 9.17) is 5.73 Å². The molecular formula is C10H10N4. The number of hydrogen-bond acceptors (Lipinski definition) is 2. The molecule has 1 aromatic carbocycles. The molecular weight excluding hydrogens is 176 g/mol. The molecule has 3 N–H and O–H groups in total. The van der Waals surface area contributed by atoms with Crippen LogP contribution in [0.3, 0.4) is 0 Å². The number of H-pyrrole nitrogens is 1. The molecule has 0 saturated heterocycles. The first-order valence-electron chi connectivity index (χ1n) is 4.48. The van der Waals surface area contributed by atoms with E-state index in [1.54, 1.807) is 0 Å². The van der Waals surface area contributed by atoms with Gasteiger partial charge in [-0.3, -0.25) is 4.40 Å². The molecule has 14 heavy (non-hydrogen) atoms. The number of benzene rings is 1. The van der Waals surface area contributed by atoms with E-state index in [0.717, 1.165) is 22.5 Å². The van der Waals surface area contributed by atoms with Gasteiger partial charge in [-0.2, -0.15) is 4.98 Å².